The van der Waals surface area contributed by atoms with E-state index in [2.05, 4.69) is 5.32 Å². The molecule has 1 amide bonds. The van der Waals surface area contributed by atoms with Gasteiger partial charge in [-0.05, 0) is 24.1 Å². The number of carbonyl (C=O) groups is 1. The molecule has 18 heavy (non-hydrogen) atoms. The molecule has 0 saturated heterocycles. The van der Waals surface area contributed by atoms with Gasteiger partial charge in [-0.15, -0.1) is 0 Å². The first kappa shape index (κ1) is 14.4. The molecule has 0 heterocycles. The van der Waals surface area contributed by atoms with Crippen molar-refractivity contribution >= 4 is 11.6 Å². The van der Waals surface area contributed by atoms with Gasteiger partial charge in [0.15, 0.2) is 6.29 Å². The molecule has 0 radical (unpaired) electrons. The molecule has 4 N–H and O–H groups in total. The Morgan fingerprint density at radius 3 is 2.44 bits per heavy atom. The number of carbonyl (C=O) groups excluding carboxylic acids is 1. The third kappa shape index (κ3) is 4.33. The molecule has 0 aliphatic carbocycles. The number of benzene rings is 1. The highest BCUT2D eigenvalue weighted by Crippen LogP contribution is 2.12. The minimum absolute atomic E-state index is 0.232. The van der Waals surface area contributed by atoms with E-state index in [1.54, 1.807) is 24.3 Å². The summed E-state index contributed by atoms with van der Waals surface area (Å²) in [4.78, 5) is 11.0. The van der Waals surface area contributed by atoms with Crippen molar-refractivity contribution in [3.05, 3.63) is 29.8 Å². The molecule has 0 spiro atoms. The summed E-state index contributed by atoms with van der Waals surface area (Å²) in [7, 11) is 1.37. The molecule has 1 unspecified atom stereocenters. The molecular formula is C12H18N2O4. The maximum Gasteiger partial charge on any atom is 0.217 e. The number of aliphatic hydroxyl groups is 1. The van der Waals surface area contributed by atoms with Crippen LogP contribution in [-0.4, -0.2) is 35.7 Å². The lowest BCUT2D eigenvalue weighted by molar-refractivity contribution is -0.128. The molecule has 6 nitrogen and oxygen atoms in total. The first-order valence-electron chi connectivity index (χ1n) is 5.54. The van der Waals surface area contributed by atoms with Crippen molar-refractivity contribution < 1.29 is 19.8 Å². The number of aliphatic hydroxyl groups excluding tert-OH is 1. The Morgan fingerprint density at radius 2 is 2.00 bits per heavy atom. The van der Waals surface area contributed by atoms with Gasteiger partial charge in [-0.1, -0.05) is 12.1 Å². The van der Waals surface area contributed by atoms with Gasteiger partial charge >= 0.3 is 0 Å². The van der Waals surface area contributed by atoms with Crippen molar-refractivity contribution in [1.29, 1.82) is 0 Å². The van der Waals surface area contributed by atoms with E-state index >= 15 is 0 Å². The van der Waals surface area contributed by atoms with Crippen LogP contribution in [-0.2, 0) is 16.0 Å². The minimum atomic E-state index is -1.07. The Morgan fingerprint density at radius 1 is 1.39 bits per heavy atom. The van der Waals surface area contributed by atoms with E-state index in [4.69, 9.17) is 9.94 Å². The lowest BCUT2D eigenvalue weighted by atomic mass is 10.0. The predicted molar refractivity (Wildman–Crippen MR) is 66.2 cm³/mol. The molecule has 0 bridgehead atoms. The number of nitrogens with one attached hydrogen (secondary N) is 2. The van der Waals surface area contributed by atoms with Gasteiger partial charge in [0.1, 0.15) is 0 Å². The zero-order chi connectivity index (χ0) is 13.5. The van der Waals surface area contributed by atoms with Crippen molar-refractivity contribution in [2.75, 3.05) is 12.6 Å². The van der Waals surface area contributed by atoms with Crippen molar-refractivity contribution in [3.8, 4) is 0 Å². The monoisotopic (exact) mass is 254 g/mol. The lowest BCUT2D eigenvalue weighted by Gasteiger charge is -2.22. The number of ether oxygens (including phenoxy) is 1. The number of amides is 1. The number of hydrogen-bond acceptors (Lipinski definition) is 5. The third-order valence-corrected chi connectivity index (χ3v) is 2.51. The lowest BCUT2D eigenvalue weighted by Crippen LogP contribution is -2.44. The second kappa shape index (κ2) is 6.95. The normalized spacial score (nSPS) is 13.8. The number of anilines is 1. The summed E-state index contributed by atoms with van der Waals surface area (Å²) >= 11 is 0. The summed E-state index contributed by atoms with van der Waals surface area (Å²) in [5, 5.41) is 21.0. The highest BCUT2D eigenvalue weighted by Gasteiger charge is 2.19. The van der Waals surface area contributed by atoms with Crippen LogP contribution in [0.2, 0.25) is 0 Å². The Labute approximate surface area is 106 Å². The van der Waals surface area contributed by atoms with Crippen LogP contribution in [0.5, 0.6) is 0 Å². The van der Waals surface area contributed by atoms with E-state index in [0.717, 1.165) is 5.56 Å². The molecule has 0 aromatic heterocycles. The van der Waals surface area contributed by atoms with Crippen LogP contribution in [0, 0.1) is 0 Å². The zero-order valence-electron chi connectivity index (χ0n) is 10.4. The molecule has 0 aliphatic rings. The van der Waals surface area contributed by atoms with Crippen LogP contribution >= 0.6 is 0 Å². The van der Waals surface area contributed by atoms with E-state index in [9.17, 15) is 9.90 Å². The van der Waals surface area contributed by atoms with Crippen molar-refractivity contribution in [3.63, 3.8) is 0 Å². The summed E-state index contributed by atoms with van der Waals surface area (Å²) in [6, 6.07) is 6.45. The minimum Gasteiger partial charge on any atom is -0.366 e. The maximum atomic E-state index is 11.0. The molecule has 0 saturated carbocycles. The van der Waals surface area contributed by atoms with Gasteiger partial charge in [-0.25, -0.2) is 0 Å². The van der Waals surface area contributed by atoms with Gasteiger partial charge in [0.2, 0.25) is 5.91 Å². The highest BCUT2D eigenvalue weighted by atomic mass is 16.6. The van der Waals surface area contributed by atoms with Crippen molar-refractivity contribution in [1.82, 2.24) is 5.32 Å². The third-order valence-electron chi connectivity index (χ3n) is 2.51. The molecule has 2 atom stereocenters. The van der Waals surface area contributed by atoms with Crippen molar-refractivity contribution in [2.24, 2.45) is 0 Å². The summed E-state index contributed by atoms with van der Waals surface area (Å²) in [6.45, 7) is 1.38. The maximum absolute atomic E-state index is 11.0. The van der Waals surface area contributed by atoms with Crippen LogP contribution < -0.4 is 10.8 Å². The van der Waals surface area contributed by atoms with Gasteiger partial charge in [0.05, 0.1) is 11.7 Å². The highest BCUT2D eigenvalue weighted by molar-refractivity contribution is 5.73. The van der Waals surface area contributed by atoms with Gasteiger partial charge < -0.3 is 15.2 Å². The van der Waals surface area contributed by atoms with E-state index in [1.165, 1.54) is 14.0 Å². The first-order chi connectivity index (χ1) is 8.56. The van der Waals surface area contributed by atoms with Crippen molar-refractivity contribution in [2.45, 2.75) is 25.7 Å². The van der Waals surface area contributed by atoms with Gasteiger partial charge in [-0.2, -0.15) is 0 Å². The number of hydrogen-bond donors (Lipinski definition) is 4. The van der Waals surface area contributed by atoms with E-state index in [0.29, 0.717) is 12.1 Å². The fourth-order valence-electron chi connectivity index (χ4n) is 1.62. The topological polar surface area (TPSA) is 90.8 Å². The number of rotatable bonds is 6. The first-order valence-corrected chi connectivity index (χ1v) is 5.54. The summed E-state index contributed by atoms with van der Waals surface area (Å²) in [5.74, 6) is -0.232. The average Bonchev–Trinajstić information content (AvgIpc) is 2.37. The number of methoxy groups -OCH3 is 1. The van der Waals surface area contributed by atoms with Gasteiger partial charge in [-0.3, -0.25) is 15.5 Å². The fraction of sp³-hybridized carbons (Fsp3) is 0.417. The van der Waals surface area contributed by atoms with Crippen LogP contribution in [0.1, 0.15) is 12.5 Å². The Kier molecular flexibility index (Phi) is 5.57. The molecule has 1 rings (SSSR count). The standard InChI is InChI=1S/C12H18N2O4/c1-8(15)13-11(12(16)18-2)7-9-3-5-10(14-17)6-4-9/h3-6,11-12,14,16-17H,7H2,1-2H3,(H,13,15)/t11-,12?/m1/s1. The van der Waals surface area contributed by atoms with Gasteiger partial charge in [0.25, 0.3) is 0 Å². The van der Waals surface area contributed by atoms with E-state index < -0.39 is 12.3 Å². The quantitative estimate of drug-likeness (QED) is 0.438. The molecule has 0 aliphatic heterocycles. The largest absolute Gasteiger partial charge is 0.366 e. The Balaban J connectivity index is 2.71. The Hall–Kier alpha value is -1.63. The summed E-state index contributed by atoms with van der Waals surface area (Å²) in [5.41, 5.74) is 3.51. The summed E-state index contributed by atoms with van der Waals surface area (Å²) in [6.07, 6.45) is -0.634. The van der Waals surface area contributed by atoms with E-state index in [-0.39, 0.29) is 5.91 Å². The summed E-state index contributed by atoms with van der Waals surface area (Å²) < 4.78 is 4.82. The Bertz CT molecular complexity index is 380. The fourth-order valence-corrected chi connectivity index (χ4v) is 1.62. The average molecular weight is 254 g/mol. The SMILES string of the molecule is COC(O)[C@@H](Cc1ccc(NO)cc1)NC(C)=O. The van der Waals surface area contributed by atoms with E-state index in [1.807, 2.05) is 5.48 Å². The molecule has 100 valence electrons. The van der Waals surface area contributed by atoms with Crippen LogP contribution in [0.15, 0.2) is 24.3 Å². The second-order valence-corrected chi connectivity index (χ2v) is 3.95. The molecule has 0 fully saturated rings. The molecule has 1 aromatic carbocycles. The van der Waals surface area contributed by atoms with Crippen LogP contribution in [0.4, 0.5) is 5.69 Å². The van der Waals surface area contributed by atoms with Crippen LogP contribution in [0.3, 0.4) is 0 Å². The molecular weight excluding hydrogens is 236 g/mol. The molecule has 1 aromatic rings. The van der Waals surface area contributed by atoms with Gasteiger partial charge in [0, 0.05) is 14.0 Å². The zero-order valence-corrected chi connectivity index (χ0v) is 10.4. The predicted octanol–water partition coefficient (Wildman–Crippen LogP) is 0.500. The molecule has 6 heteroatoms. The second-order valence-electron chi connectivity index (χ2n) is 3.95. The smallest absolute Gasteiger partial charge is 0.217 e. The van der Waals surface area contributed by atoms with Crippen LogP contribution in [0.25, 0.3) is 0 Å².